The number of aromatic nitrogens is 2. The zero-order valence-electron chi connectivity index (χ0n) is 13.5. The number of rotatable bonds is 4. The minimum Gasteiger partial charge on any atom is -0.497 e. The molecular weight excluding hydrogens is 320 g/mol. The summed E-state index contributed by atoms with van der Waals surface area (Å²) in [6, 6.07) is 12.1. The Morgan fingerprint density at radius 2 is 1.80 bits per heavy atom. The number of amides is 2. The molecule has 1 heterocycles. The van der Waals surface area contributed by atoms with E-state index in [1.54, 1.807) is 55.9 Å². The molecule has 0 unspecified atom stereocenters. The quantitative estimate of drug-likeness (QED) is 0.707. The Morgan fingerprint density at radius 3 is 2.60 bits per heavy atom. The van der Waals surface area contributed by atoms with Crippen LogP contribution in [-0.4, -0.2) is 28.9 Å². The third kappa shape index (κ3) is 4.08. The molecule has 7 nitrogen and oxygen atoms in total. The fourth-order valence-electron chi connectivity index (χ4n) is 2.32. The summed E-state index contributed by atoms with van der Waals surface area (Å²) in [7, 11) is 1.56. The summed E-state index contributed by atoms with van der Waals surface area (Å²) >= 11 is 0. The molecule has 2 amide bonds. The third-order valence-electron chi connectivity index (χ3n) is 3.55. The van der Waals surface area contributed by atoms with Crippen LogP contribution in [0.4, 0.5) is 0 Å². The van der Waals surface area contributed by atoms with Crippen LogP contribution in [0.3, 0.4) is 0 Å². The summed E-state index contributed by atoms with van der Waals surface area (Å²) in [6.45, 7) is 0. The smallest absolute Gasteiger partial charge is 0.269 e. The lowest BCUT2D eigenvalue weighted by Gasteiger charge is -2.08. The zero-order valence-corrected chi connectivity index (χ0v) is 13.5. The van der Waals surface area contributed by atoms with Crippen LogP contribution in [0, 0.1) is 0 Å². The van der Waals surface area contributed by atoms with E-state index in [0.29, 0.717) is 22.3 Å². The number of carbonyl (C=O) groups excluding carboxylic acids is 2. The molecule has 0 aliphatic rings. The summed E-state index contributed by atoms with van der Waals surface area (Å²) in [5.74, 6) is -0.0830. The van der Waals surface area contributed by atoms with E-state index in [1.807, 2.05) is 6.07 Å². The molecule has 0 fully saturated rings. The van der Waals surface area contributed by atoms with Crippen molar-refractivity contribution in [1.29, 1.82) is 0 Å². The number of nitrogens with zero attached hydrogens (tertiary/aromatic N) is 2. The first kappa shape index (κ1) is 16.4. The largest absolute Gasteiger partial charge is 0.497 e. The molecule has 0 aliphatic carbocycles. The van der Waals surface area contributed by atoms with E-state index in [1.165, 1.54) is 0 Å². The number of hydrazine groups is 1. The van der Waals surface area contributed by atoms with E-state index in [4.69, 9.17) is 4.74 Å². The summed E-state index contributed by atoms with van der Waals surface area (Å²) < 4.78 is 5.12. The minimum absolute atomic E-state index is 0.126. The maximum absolute atomic E-state index is 12.2. The number of methoxy groups -OCH3 is 1. The summed E-state index contributed by atoms with van der Waals surface area (Å²) in [5, 5.41) is 0. The second-order valence-electron chi connectivity index (χ2n) is 5.29. The van der Waals surface area contributed by atoms with Crippen molar-refractivity contribution in [2.75, 3.05) is 7.11 Å². The fraction of sp³-hybridized carbons (Fsp3) is 0.111. The van der Waals surface area contributed by atoms with Crippen molar-refractivity contribution in [2.24, 2.45) is 0 Å². The van der Waals surface area contributed by atoms with Crippen LogP contribution in [0.15, 0.2) is 54.9 Å². The summed E-state index contributed by atoms with van der Waals surface area (Å²) in [5.41, 5.74) is 7.27. The Balaban J connectivity index is 1.59. The lowest BCUT2D eigenvalue weighted by Crippen LogP contribution is -2.42. The van der Waals surface area contributed by atoms with Gasteiger partial charge < -0.3 is 4.74 Å². The van der Waals surface area contributed by atoms with Crippen LogP contribution >= 0.6 is 0 Å². The number of hydrogen-bond donors (Lipinski definition) is 2. The SMILES string of the molecule is COc1cccc(CC(=O)NNC(=O)c2ccc3nccnc3c2)c1. The first-order valence-electron chi connectivity index (χ1n) is 7.58. The van der Waals surface area contributed by atoms with E-state index in [9.17, 15) is 9.59 Å². The molecule has 1 aromatic heterocycles. The van der Waals surface area contributed by atoms with Gasteiger partial charge in [-0.1, -0.05) is 12.1 Å². The molecule has 0 saturated carbocycles. The van der Waals surface area contributed by atoms with Crippen molar-refractivity contribution < 1.29 is 14.3 Å². The average molecular weight is 336 g/mol. The molecule has 3 aromatic rings. The van der Waals surface area contributed by atoms with E-state index in [-0.39, 0.29) is 12.3 Å². The molecule has 0 aliphatic heterocycles. The number of ether oxygens (including phenoxy) is 1. The number of fused-ring (bicyclic) bond motifs is 1. The molecule has 0 spiro atoms. The van der Waals surface area contributed by atoms with Crippen LogP contribution in [0.25, 0.3) is 11.0 Å². The van der Waals surface area contributed by atoms with Gasteiger partial charge in [0.25, 0.3) is 5.91 Å². The normalized spacial score (nSPS) is 10.3. The van der Waals surface area contributed by atoms with Gasteiger partial charge in [0.05, 0.1) is 24.6 Å². The van der Waals surface area contributed by atoms with Crippen molar-refractivity contribution in [1.82, 2.24) is 20.8 Å². The predicted molar refractivity (Wildman–Crippen MR) is 91.8 cm³/mol. The molecule has 0 radical (unpaired) electrons. The van der Waals surface area contributed by atoms with Crippen molar-refractivity contribution in [3.63, 3.8) is 0 Å². The van der Waals surface area contributed by atoms with Gasteiger partial charge in [-0.05, 0) is 35.9 Å². The zero-order chi connectivity index (χ0) is 17.6. The maximum Gasteiger partial charge on any atom is 0.269 e. The Morgan fingerprint density at radius 1 is 1.00 bits per heavy atom. The minimum atomic E-state index is -0.424. The first-order chi connectivity index (χ1) is 12.2. The summed E-state index contributed by atoms with van der Waals surface area (Å²) in [4.78, 5) is 32.4. The van der Waals surface area contributed by atoms with Crippen LogP contribution in [0.2, 0.25) is 0 Å². The topological polar surface area (TPSA) is 93.2 Å². The second kappa shape index (κ2) is 7.39. The van der Waals surface area contributed by atoms with Gasteiger partial charge in [-0.15, -0.1) is 0 Å². The summed E-state index contributed by atoms with van der Waals surface area (Å²) in [6.07, 6.45) is 3.27. The molecule has 7 heteroatoms. The van der Waals surface area contributed by atoms with Crippen molar-refractivity contribution in [3.05, 3.63) is 66.0 Å². The molecule has 2 N–H and O–H groups in total. The van der Waals surface area contributed by atoms with Gasteiger partial charge in [0.1, 0.15) is 5.75 Å². The van der Waals surface area contributed by atoms with Crippen molar-refractivity contribution >= 4 is 22.8 Å². The van der Waals surface area contributed by atoms with Gasteiger partial charge >= 0.3 is 0 Å². The molecule has 25 heavy (non-hydrogen) atoms. The second-order valence-corrected chi connectivity index (χ2v) is 5.29. The Kier molecular flexibility index (Phi) is 4.84. The highest BCUT2D eigenvalue weighted by molar-refractivity contribution is 5.98. The highest BCUT2D eigenvalue weighted by Crippen LogP contribution is 2.13. The molecule has 0 atom stereocenters. The average Bonchev–Trinajstić information content (AvgIpc) is 2.65. The van der Waals surface area contributed by atoms with Gasteiger partial charge in [0.2, 0.25) is 5.91 Å². The molecular formula is C18H16N4O3. The van der Waals surface area contributed by atoms with Gasteiger partial charge in [-0.2, -0.15) is 0 Å². The number of benzene rings is 2. The Hall–Kier alpha value is -3.48. The van der Waals surface area contributed by atoms with E-state index in [2.05, 4.69) is 20.8 Å². The fourth-order valence-corrected chi connectivity index (χ4v) is 2.32. The lowest BCUT2D eigenvalue weighted by atomic mass is 10.1. The van der Waals surface area contributed by atoms with Gasteiger partial charge in [-0.25, -0.2) is 0 Å². The molecule has 0 saturated heterocycles. The number of carbonyl (C=O) groups is 2. The number of hydrogen-bond acceptors (Lipinski definition) is 5. The standard InChI is InChI=1S/C18H16N4O3/c1-25-14-4-2-3-12(9-14)10-17(23)21-22-18(24)13-5-6-15-16(11-13)20-8-7-19-15/h2-9,11H,10H2,1H3,(H,21,23)(H,22,24). The predicted octanol–water partition coefficient (Wildman–Crippen LogP) is 1.64. The van der Waals surface area contributed by atoms with Gasteiger partial charge in [-0.3, -0.25) is 30.4 Å². The molecule has 2 aromatic carbocycles. The highest BCUT2D eigenvalue weighted by atomic mass is 16.5. The lowest BCUT2D eigenvalue weighted by molar-refractivity contribution is -0.121. The van der Waals surface area contributed by atoms with Crippen LogP contribution < -0.4 is 15.6 Å². The maximum atomic E-state index is 12.2. The molecule has 3 rings (SSSR count). The number of nitrogens with one attached hydrogen (secondary N) is 2. The molecule has 126 valence electrons. The Bertz CT molecular complexity index is 927. The van der Waals surface area contributed by atoms with Gasteiger partial charge in [0.15, 0.2) is 0 Å². The monoisotopic (exact) mass is 336 g/mol. The highest BCUT2D eigenvalue weighted by Gasteiger charge is 2.09. The van der Waals surface area contributed by atoms with Crippen molar-refractivity contribution in [3.8, 4) is 5.75 Å². The van der Waals surface area contributed by atoms with Crippen LogP contribution in [-0.2, 0) is 11.2 Å². The van der Waals surface area contributed by atoms with E-state index >= 15 is 0 Å². The molecule has 0 bridgehead atoms. The van der Waals surface area contributed by atoms with E-state index in [0.717, 1.165) is 5.56 Å². The third-order valence-corrected chi connectivity index (χ3v) is 3.55. The van der Waals surface area contributed by atoms with Crippen LogP contribution in [0.1, 0.15) is 15.9 Å². The van der Waals surface area contributed by atoms with E-state index < -0.39 is 5.91 Å². The Labute approximate surface area is 144 Å². The first-order valence-corrected chi connectivity index (χ1v) is 7.58. The van der Waals surface area contributed by atoms with Crippen molar-refractivity contribution in [2.45, 2.75) is 6.42 Å². The van der Waals surface area contributed by atoms with Gasteiger partial charge in [0, 0.05) is 18.0 Å². The van der Waals surface area contributed by atoms with Crippen LogP contribution in [0.5, 0.6) is 5.75 Å².